The molecule has 1 unspecified atom stereocenters. The lowest BCUT2D eigenvalue weighted by Gasteiger charge is -2.27. The van der Waals surface area contributed by atoms with Crippen molar-refractivity contribution in [2.75, 3.05) is 18.7 Å². The topological polar surface area (TPSA) is 67.9 Å². The van der Waals surface area contributed by atoms with E-state index in [2.05, 4.69) is 5.32 Å². The van der Waals surface area contributed by atoms with Gasteiger partial charge in [0.2, 0.25) is 18.6 Å². The van der Waals surface area contributed by atoms with Crippen LogP contribution in [0.4, 0.5) is 5.69 Å². The van der Waals surface area contributed by atoms with Crippen LogP contribution < -0.4 is 14.8 Å². The van der Waals surface area contributed by atoms with E-state index in [1.165, 1.54) is 11.8 Å². The van der Waals surface area contributed by atoms with Crippen molar-refractivity contribution in [3.63, 3.8) is 0 Å². The first-order chi connectivity index (χ1) is 13.1. The standard InChI is InChI=1S/C20H20N2O4S/c1-2-22(11-13-7-8-15-16(9-13)26-12-25-15)19(23)10-18-20(24)21-14-5-3-4-6-17(14)27-18/h3-9,18H,2,10-12H2,1H3,(H,21,24). The summed E-state index contributed by atoms with van der Waals surface area (Å²) in [5.74, 6) is 1.27. The summed E-state index contributed by atoms with van der Waals surface area (Å²) < 4.78 is 10.7. The molecule has 1 N–H and O–H groups in total. The molecule has 0 aromatic heterocycles. The number of amides is 2. The molecule has 140 valence electrons. The maximum atomic E-state index is 12.8. The number of carbonyl (C=O) groups excluding carboxylic acids is 2. The van der Waals surface area contributed by atoms with Gasteiger partial charge in [0.15, 0.2) is 11.5 Å². The molecular formula is C20H20N2O4S. The summed E-state index contributed by atoms with van der Waals surface area (Å²) in [5, 5.41) is 2.47. The van der Waals surface area contributed by atoms with Crippen molar-refractivity contribution in [1.29, 1.82) is 0 Å². The molecule has 0 saturated heterocycles. The first-order valence-corrected chi connectivity index (χ1v) is 9.75. The zero-order valence-electron chi connectivity index (χ0n) is 14.9. The minimum Gasteiger partial charge on any atom is -0.454 e. The van der Waals surface area contributed by atoms with Crippen molar-refractivity contribution in [2.45, 2.75) is 30.0 Å². The van der Waals surface area contributed by atoms with Gasteiger partial charge in [-0.3, -0.25) is 9.59 Å². The summed E-state index contributed by atoms with van der Waals surface area (Å²) in [7, 11) is 0. The summed E-state index contributed by atoms with van der Waals surface area (Å²) in [6.07, 6.45) is 0.170. The molecule has 2 heterocycles. The Bertz CT molecular complexity index is 886. The molecule has 0 spiro atoms. The Balaban J connectivity index is 1.42. The Morgan fingerprint density at radius 3 is 2.89 bits per heavy atom. The van der Waals surface area contributed by atoms with Crippen LogP contribution in [0.25, 0.3) is 0 Å². The molecule has 0 bridgehead atoms. The van der Waals surface area contributed by atoms with Crippen LogP contribution >= 0.6 is 11.8 Å². The van der Waals surface area contributed by atoms with Crippen LogP contribution in [-0.2, 0) is 16.1 Å². The number of ether oxygens (including phenoxy) is 2. The first-order valence-electron chi connectivity index (χ1n) is 8.87. The number of hydrogen-bond acceptors (Lipinski definition) is 5. The molecule has 2 aromatic rings. The quantitative estimate of drug-likeness (QED) is 0.857. The van der Waals surface area contributed by atoms with Gasteiger partial charge in [0.1, 0.15) is 0 Å². The fraction of sp³-hybridized carbons (Fsp3) is 0.300. The molecule has 2 amide bonds. The molecule has 0 radical (unpaired) electrons. The van der Waals surface area contributed by atoms with Crippen LogP contribution in [0.1, 0.15) is 18.9 Å². The monoisotopic (exact) mass is 384 g/mol. The largest absolute Gasteiger partial charge is 0.454 e. The van der Waals surface area contributed by atoms with E-state index in [9.17, 15) is 9.59 Å². The number of fused-ring (bicyclic) bond motifs is 2. The summed E-state index contributed by atoms with van der Waals surface area (Å²) in [6, 6.07) is 13.3. The van der Waals surface area contributed by atoms with E-state index in [0.29, 0.717) is 18.8 Å². The second-order valence-electron chi connectivity index (χ2n) is 6.39. The van der Waals surface area contributed by atoms with Crippen LogP contribution in [-0.4, -0.2) is 35.3 Å². The van der Waals surface area contributed by atoms with Gasteiger partial charge >= 0.3 is 0 Å². The van der Waals surface area contributed by atoms with E-state index in [0.717, 1.165) is 21.9 Å². The van der Waals surface area contributed by atoms with Crippen molar-refractivity contribution in [1.82, 2.24) is 4.90 Å². The molecule has 2 aliphatic rings. The smallest absolute Gasteiger partial charge is 0.238 e. The molecule has 0 fully saturated rings. The predicted molar refractivity (Wildman–Crippen MR) is 103 cm³/mol. The van der Waals surface area contributed by atoms with Crippen LogP contribution in [0.3, 0.4) is 0 Å². The number of nitrogens with one attached hydrogen (secondary N) is 1. The number of carbonyl (C=O) groups is 2. The van der Waals surface area contributed by atoms with Crippen molar-refractivity contribution >= 4 is 29.3 Å². The maximum Gasteiger partial charge on any atom is 0.238 e. The number of hydrogen-bond donors (Lipinski definition) is 1. The van der Waals surface area contributed by atoms with Crippen LogP contribution in [0.2, 0.25) is 0 Å². The van der Waals surface area contributed by atoms with Crippen LogP contribution in [0.15, 0.2) is 47.4 Å². The molecular weight excluding hydrogens is 364 g/mol. The second kappa shape index (κ2) is 7.52. The van der Waals surface area contributed by atoms with Crippen LogP contribution in [0.5, 0.6) is 11.5 Å². The van der Waals surface area contributed by atoms with E-state index in [-0.39, 0.29) is 25.0 Å². The number of benzene rings is 2. The summed E-state index contributed by atoms with van der Waals surface area (Å²) in [5.41, 5.74) is 1.78. The van der Waals surface area contributed by atoms with Gasteiger partial charge in [0.05, 0.1) is 10.9 Å². The molecule has 1 atom stereocenters. The van der Waals surface area contributed by atoms with Crippen molar-refractivity contribution in [3.8, 4) is 11.5 Å². The zero-order valence-corrected chi connectivity index (χ0v) is 15.8. The number of para-hydroxylation sites is 1. The Hall–Kier alpha value is -2.67. The van der Waals surface area contributed by atoms with Crippen LogP contribution in [0, 0.1) is 0 Å². The minimum atomic E-state index is -0.418. The lowest BCUT2D eigenvalue weighted by atomic mass is 10.1. The second-order valence-corrected chi connectivity index (χ2v) is 7.64. The number of anilines is 1. The third-order valence-corrected chi connectivity index (χ3v) is 5.89. The molecule has 0 aliphatic carbocycles. The van der Waals surface area contributed by atoms with Gasteiger partial charge in [0, 0.05) is 24.4 Å². The van der Waals surface area contributed by atoms with Gasteiger partial charge in [-0.2, -0.15) is 0 Å². The fourth-order valence-corrected chi connectivity index (χ4v) is 4.25. The summed E-state index contributed by atoms with van der Waals surface area (Å²) in [6.45, 7) is 3.21. The normalized spacial score (nSPS) is 17.2. The molecule has 27 heavy (non-hydrogen) atoms. The Labute approximate surface area is 161 Å². The molecule has 2 aliphatic heterocycles. The SMILES string of the molecule is CCN(Cc1ccc2c(c1)OCO2)C(=O)CC1Sc2ccccc2NC1=O. The predicted octanol–water partition coefficient (Wildman–Crippen LogP) is 3.27. The molecule has 4 rings (SSSR count). The molecule has 7 heteroatoms. The van der Waals surface area contributed by atoms with E-state index in [1.54, 1.807) is 4.90 Å². The van der Waals surface area contributed by atoms with Gasteiger partial charge < -0.3 is 19.7 Å². The highest BCUT2D eigenvalue weighted by atomic mass is 32.2. The molecule has 6 nitrogen and oxygen atoms in total. The highest BCUT2D eigenvalue weighted by Gasteiger charge is 2.30. The third kappa shape index (κ3) is 3.73. The molecule has 2 aromatic carbocycles. The summed E-state index contributed by atoms with van der Waals surface area (Å²) >= 11 is 1.45. The van der Waals surface area contributed by atoms with Crippen molar-refractivity contribution in [2.24, 2.45) is 0 Å². The highest BCUT2D eigenvalue weighted by Crippen LogP contribution is 2.37. The Kier molecular flexibility index (Phi) is 4.94. The van der Waals surface area contributed by atoms with Gasteiger partial charge in [0.25, 0.3) is 0 Å². The lowest BCUT2D eigenvalue weighted by molar-refractivity contribution is -0.133. The van der Waals surface area contributed by atoms with E-state index in [1.807, 2.05) is 49.4 Å². The summed E-state index contributed by atoms with van der Waals surface area (Å²) in [4.78, 5) is 27.9. The number of rotatable bonds is 5. The Morgan fingerprint density at radius 2 is 2.04 bits per heavy atom. The minimum absolute atomic E-state index is 0.0396. The highest BCUT2D eigenvalue weighted by molar-refractivity contribution is 8.01. The maximum absolute atomic E-state index is 12.8. The average Bonchev–Trinajstić information content (AvgIpc) is 3.14. The number of nitrogens with zero attached hydrogens (tertiary/aromatic N) is 1. The zero-order chi connectivity index (χ0) is 18.8. The number of thioether (sulfide) groups is 1. The van der Waals surface area contributed by atoms with E-state index < -0.39 is 5.25 Å². The van der Waals surface area contributed by atoms with Gasteiger partial charge in [-0.05, 0) is 36.8 Å². The third-order valence-electron chi connectivity index (χ3n) is 4.61. The van der Waals surface area contributed by atoms with Crippen molar-refractivity contribution in [3.05, 3.63) is 48.0 Å². The molecule has 0 saturated carbocycles. The lowest BCUT2D eigenvalue weighted by Crippen LogP contribution is -2.37. The average molecular weight is 384 g/mol. The Morgan fingerprint density at radius 1 is 1.22 bits per heavy atom. The van der Waals surface area contributed by atoms with E-state index >= 15 is 0 Å². The fourth-order valence-electron chi connectivity index (χ4n) is 3.15. The van der Waals surface area contributed by atoms with E-state index in [4.69, 9.17) is 9.47 Å². The van der Waals surface area contributed by atoms with Gasteiger partial charge in [-0.15, -0.1) is 11.8 Å². The van der Waals surface area contributed by atoms with Gasteiger partial charge in [-0.1, -0.05) is 18.2 Å². The van der Waals surface area contributed by atoms with Gasteiger partial charge in [-0.25, -0.2) is 0 Å². The van der Waals surface area contributed by atoms with Crippen molar-refractivity contribution < 1.29 is 19.1 Å². The first kappa shape index (κ1) is 17.7.